The number of nitro groups is 1. The lowest BCUT2D eigenvalue weighted by atomic mass is 9.92. The van der Waals surface area contributed by atoms with Crippen LogP contribution in [0, 0.1) is 16.0 Å². The fraction of sp³-hybridized carbons (Fsp3) is 0.364. The van der Waals surface area contributed by atoms with Crippen LogP contribution in [0.25, 0.3) is 0 Å². The van der Waals surface area contributed by atoms with Gasteiger partial charge in [-0.25, -0.2) is 5.48 Å². The monoisotopic (exact) mass is 429 g/mol. The second kappa shape index (κ2) is 11.8. The van der Waals surface area contributed by atoms with E-state index < -0.39 is 28.7 Å². The first-order valence-corrected chi connectivity index (χ1v) is 9.97. The number of aliphatic hydroxyl groups is 1. The average Bonchev–Trinajstić information content (AvgIpc) is 2.80. The van der Waals surface area contributed by atoms with Crippen molar-refractivity contribution < 1.29 is 24.8 Å². The maximum absolute atomic E-state index is 12.7. The third-order valence-corrected chi connectivity index (χ3v) is 5.30. The van der Waals surface area contributed by atoms with Crippen molar-refractivity contribution in [2.75, 3.05) is 13.7 Å². The van der Waals surface area contributed by atoms with Gasteiger partial charge < -0.3 is 10.0 Å². The van der Waals surface area contributed by atoms with Crippen LogP contribution in [0.1, 0.15) is 35.2 Å². The fourth-order valence-corrected chi connectivity index (χ4v) is 3.42. The maximum atomic E-state index is 12.7. The summed E-state index contributed by atoms with van der Waals surface area (Å²) in [6.07, 6.45) is 2.09. The quantitative estimate of drug-likeness (QED) is 0.286. The molecule has 0 aliphatic carbocycles. The molecule has 0 saturated heterocycles. The highest BCUT2D eigenvalue weighted by Crippen LogP contribution is 2.21. The minimum atomic E-state index is -0.665. The molecule has 2 rings (SSSR count). The summed E-state index contributed by atoms with van der Waals surface area (Å²) in [5.74, 6) is -1.60. The average molecular weight is 429 g/mol. The molecule has 166 valence electrons. The molecule has 3 N–H and O–H groups in total. The minimum Gasteiger partial charge on any atom is -0.394 e. The zero-order valence-electron chi connectivity index (χ0n) is 17.3. The van der Waals surface area contributed by atoms with Crippen molar-refractivity contribution in [2.45, 2.75) is 31.7 Å². The van der Waals surface area contributed by atoms with E-state index in [1.54, 1.807) is 5.48 Å². The van der Waals surface area contributed by atoms with Gasteiger partial charge in [-0.3, -0.25) is 24.9 Å². The molecular weight excluding hydrogens is 402 g/mol. The predicted octanol–water partition coefficient (Wildman–Crippen LogP) is 2.56. The summed E-state index contributed by atoms with van der Waals surface area (Å²) in [6, 6.07) is 14.3. The summed E-state index contributed by atoms with van der Waals surface area (Å²) in [5.41, 5.74) is 2.91. The zero-order valence-corrected chi connectivity index (χ0v) is 17.3. The van der Waals surface area contributed by atoms with Crippen molar-refractivity contribution in [1.29, 1.82) is 0 Å². The maximum Gasteiger partial charge on any atom is 0.269 e. The first-order chi connectivity index (χ1) is 14.9. The van der Waals surface area contributed by atoms with Gasteiger partial charge in [0.05, 0.1) is 17.6 Å². The smallest absolute Gasteiger partial charge is 0.269 e. The molecule has 2 atom stereocenters. The molecule has 9 nitrogen and oxygen atoms in total. The third-order valence-electron chi connectivity index (χ3n) is 5.30. The molecule has 0 aromatic heterocycles. The van der Waals surface area contributed by atoms with Crippen molar-refractivity contribution in [3.8, 4) is 0 Å². The Morgan fingerprint density at radius 1 is 1.13 bits per heavy atom. The number of rotatable bonds is 11. The Morgan fingerprint density at radius 2 is 1.77 bits per heavy atom. The summed E-state index contributed by atoms with van der Waals surface area (Å²) in [7, 11) is 1.50. The van der Waals surface area contributed by atoms with Crippen molar-refractivity contribution in [3.05, 3.63) is 75.8 Å². The van der Waals surface area contributed by atoms with Crippen LogP contribution >= 0.6 is 0 Å². The van der Waals surface area contributed by atoms with E-state index in [1.807, 2.05) is 30.3 Å². The number of aryl methyl sites for hydroxylation is 1. The van der Waals surface area contributed by atoms with Gasteiger partial charge in [0.15, 0.2) is 0 Å². The SMILES string of the molecule is CN(C(=O)c1ccc([N+](=O)[O-])cc1)[C@H](CO)C[C@H](CCCc1ccccc1)C(=O)NO. The van der Waals surface area contributed by atoms with Gasteiger partial charge in [0.2, 0.25) is 5.91 Å². The summed E-state index contributed by atoms with van der Waals surface area (Å²) in [6.45, 7) is -0.372. The Morgan fingerprint density at radius 3 is 2.32 bits per heavy atom. The number of nitrogens with zero attached hydrogens (tertiary/aromatic N) is 2. The van der Waals surface area contributed by atoms with Gasteiger partial charge in [-0.2, -0.15) is 0 Å². The van der Waals surface area contributed by atoms with Crippen LogP contribution in [-0.4, -0.2) is 51.6 Å². The normalized spacial score (nSPS) is 12.6. The van der Waals surface area contributed by atoms with Gasteiger partial charge >= 0.3 is 0 Å². The van der Waals surface area contributed by atoms with E-state index in [-0.39, 0.29) is 24.3 Å². The van der Waals surface area contributed by atoms with E-state index >= 15 is 0 Å². The van der Waals surface area contributed by atoms with Crippen molar-refractivity contribution in [1.82, 2.24) is 10.4 Å². The van der Waals surface area contributed by atoms with Crippen molar-refractivity contribution in [2.24, 2.45) is 5.92 Å². The lowest BCUT2D eigenvalue weighted by Gasteiger charge is -2.29. The second-order valence-corrected chi connectivity index (χ2v) is 7.34. The summed E-state index contributed by atoms with van der Waals surface area (Å²) in [5, 5.41) is 29.7. The molecule has 0 bridgehead atoms. The topological polar surface area (TPSA) is 133 Å². The Hall–Kier alpha value is -3.30. The van der Waals surface area contributed by atoms with Crippen molar-refractivity contribution >= 4 is 17.5 Å². The molecule has 2 amide bonds. The van der Waals surface area contributed by atoms with Gasteiger partial charge in [0, 0.05) is 30.7 Å². The van der Waals surface area contributed by atoms with E-state index in [4.69, 9.17) is 5.21 Å². The molecule has 9 heteroatoms. The van der Waals surface area contributed by atoms with Gasteiger partial charge in [-0.1, -0.05) is 30.3 Å². The highest BCUT2D eigenvalue weighted by Gasteiger charge is 2.27. The lowest BCUT2D eigenvalue weighted by molar-refractivity contribution is -0.384. The van der Waals surface area contributed by atoms with Gasteiger partial charge in [-0.05, 0) is 43.4 Å². The van der Waals surface area contributed by atoms with E-state index in [2.05, 4.69) is 0 Å². The van der Waals surface area contributed by atoms with E-state index in [0.29, 0.717) is 12.8 Å². The van der Waals surface area contributed by atoms with Crippen LogP contribution in [0.4, 0.5) is 5.69 Å². The van der Waals surface area contributed by atoms with E-state index in [1.165, 1.54) is 36.2 Å². The molecule has 0 aliphatic heterocycles. The van der Waals surface area contributed by atoms with E-state index in [9.17, 15) is 24.8 Å². The molecular formula is C22H27N3O6. The van der Waals surface area contributed by atoms with E-state index in [0.717, 1.165) is 12.0 Å². The summed E-state index contributed by atoms with van der Waals surface area (Å²) >= 11 is 0. The number of likely N-dealkylation sites (N-methyl/N-ethyl adjacent to an activating group) is 1. The van der Waals surface area contributed by atoms with Crippen LogP contribution in [0.5, 0.6) is 0 Å². The number of aliphatic hydroxyl groups excluding tert-OH is 1. The molecule has 0 unspecified atom stereocenters. The van der Waals surface area contributed by atoms with Gasteiger partial charge in [-0.15, -0.1) is 0 Å². The van der Waals surface area contributed by atoms with Crippen LogP contribution in [-0.2, 0) is 11.2 Å². The molecule has 0 aliphatic rings. The molecule has 2 aromatic rings. The molecule has 0 fully saturated rings. The number of amides is 2. The van der Waals surface area contributed by atoms with Crippen molar-refractivity contribution in [3.63, 3.8) is 0 Å². The van der Waals surface area contributed by atoms with Gasteiger partial charge in [0.1, 0.15) is 0 Å². The second-order valence-electron chi connectivity index (χ2n) is 7.34. The van der Waals surface area contributed by atoms with Gasteiger partial charge in [0.25, 0.3) is 11.6 Å². The molecule has 2 aromatic carbocycles. The Kier molecular flexibility index (Phi) is 9.11. The van der Waals surface area contributed by atoms with Crippen LogP contribution in [0.3, 0.4) is 0 Å². The number of hydrogen-bond acceptors (Lipinski definition) is 6. The molecule has 0 heterocycles. The molecule has 0 radical (unpaired) electrons. The fourth-order valence-electron chi connectivity index (χ4n) is 3.42. The Balaban J connectivity index is 2.03. The first kappa shape index (κ1) is 24.0. The standard InChI is InChI=1S/C22H27N3O6/c1-24(22(28)17-10-12-19(13-11-17)25(30)31)20(15-26)14-18(21(27)23-29)9-5-8-16-6-3-2-4-7-16/h2-4,6-7,10-13,18,20,26,29H,5,8-9,14-15H2,1H3,(H,23,27)/t18-,20-/m0/s1. The number of nitro benzene ring substituents is 1. The third kappa shape index (κ3) is 6.87. The predicted molar refractivity (Wildman–Crippen MR) is 113 cm³/mol. The summed E-state index contributed by atoms with van der Waals surface area (Å²) in [4.78, 5) is 36.4. The number of benzene rings is 2. The molecule has 0 saturated carbocycles. The number of hydroxylamine groups is 1. The van der Waals surface area contributed by atoms with Crippen LogP contribution < -0.4 is 5.48 Å². The van der Waals surface area contributed by atoms with Crippen LogP contribution in [0.15, 0.2) is 54.6 Å². The number of carbonyl (C=O) groups is 2. The Labute approximate surface area is 180 Å². The number of nitrogens with one attached hydrogen (secondary N) is 1. The highest BCUT2D eigenvalue weighted by atomic mass is 16.6. The summed E-state index contributed by atoms with van der Waals surface area (Å²) < 4.78 is 0. The number of hydrogen-bond donors (Lipinski definition) is 3. The molecule has 0 spiro atoms. The first-order valence-electron chi connectivity index (χ1n) is 9.97. The Bertz CT molecular complexity index is 873. The minimum absolute atomic E-state index is 0.129. The lowest BCUT2D eigenvalue weighted by Crippen LogP contribution is -2.43. The highest BCUT2D eigenvalue weighted by molar-refractivity contribution is 5.94. The zero-order chi connectivity index (χ0) is 22.8. The number of carbonyl (C=O) groups excluding carboxylic acids is 2. The largest absolute Gasteiger partial charge is 0.394 e. The number of non-ortho nitro benzene ring substituents is 1. The van der Waals surface area contributed by atoms with Crippen LogP contribution in [0.2, 0.25) is 0 Å². The molecule has 31 heavy (non-hydrogen) atoms.